The number of carbonyl (C=O) groups is 2. The van der Waals surface area contributed by atoms with Crippen molar-refractivity contribution >= 4 is 39.2 Å². The van der Waals surface area contributed by atoms with Gasteiger partial charge in [0, 0.05) is 41.3 Å². The monoisotopic (exact) mass is 411 g/mol. The number of nitrogens with one attached hydrogen (secondary N) is 3. The van der Waals surface area contributed by atoms with Crippen molar-refractivity contribution in [3.05, 3.63) is 46.6 Å². The lowest BCUT2D eigenvalue weighted by atomic mass is 10.1. The summed E-state index contributed by atoms with van der Waals surface area (Å²) < 4.78 is 0. The lowest BCUT2D eigenvalue weighted by Gasteiger charge is -2.25. The maximum atomic E-state index is 13.0. The number of hydrogen-bond acceptors (Lipinski definition) is 6. The van der Waals surface area contributed by atoms with E-state index < -0.39 is 12.0 Å². The van der Waals surface area contributed by atoms with Crippen LogP contribution in [0.4, 0.5) is 5.13 Å². The largest absolute Gasteiger partial charge is 0.480 e. The number of fused-ring (bicyclic) bond motifs is 2. The van der Waals surface area contributed by atoms with Gasteiger partial charge >= 0.3 is 5.97 Å². The Morgan fingerprint density at radius 2 is 2.17 bits per heavy atom. The maximum Gasteiger partial charge on any atom is 0.320 e. The minimum Gasteiger partial charge on any atom is -0.480 e. The van der Waals surface area contributed by atoms with Gasteiger partial charge in [-0.25, -0.2) is 4.98 Å². The van der Waals surface area contributed by atoms with Crippen LogP contribution < -0.4 is 10.6 Å². The molecule has 5 rings (SSSR count). The summed E-state index contributed by atoms with van der Waals surface area (Å²) in [6.07, 6.45) is 1.25. The molecule has 8 nitrogen and oxygen atoms in total. The highest BCUT2D eigenvalue weighted by atomic mass is 32.1. The Morgan fingerprint density at radius 3 is 2.97 bits per heavy atom. The Hall–Kier alpha value is -2.91. The van der Waals surface area contributed by atoms with E-state index in [-0.39, 0.29) is 11.9 Å². The van der Waals surface area contributed by atoms with Crippen molar-refractivity contribution < 1.29 is 14.7 Å². The van der Waals surface area contributed by atoms with E-state index in [1.807, 2.05) is 35.2 Å². The second kappa shape index (κ2) is 7.16. The SMILES string of the molecule is O=C(O)[C@@H]1C[C@H](Nc2nc3c(s2)CN(C(=O)c2cc4ccccc4[nH]2)CC3)CN1. The number of para-hydroxylation sites is 1. The van der Waals surface area contributed by atoms with Gasteiger partial charge in [-0.05, 0) is 18.6 Å². The molecule has 0 spiro atoms. The van der Waals surface area contributed by atoms with Gasteiger partial charge in [0.25, 0.3) is 5.91 Å². The molecule has 1 aromatic carbocycles. The van der Waals surface area contributed by atoms with E-state index in [1.165, 1.54) is 0 Å². The van der Waals surface area contributed by atoms with Crippen molar-refractivity contribution in [2.75, 3.05) is 18.4 Å². The van der Waals surface area contributed by atoms with Crippen LogP contribution in [0.2, 0.25) is 0 Å². The van der Waals surface area contributed by atoms with E-state index in [4.69, 9.17) is 5.11 Å². The number of aromatic amines is 1. The predicted molar refractivity (Wildman–Crippen MR) is 110 cm³/mol. The number of carbonyl (C=O) groups excluding carboxylic acids is 1. The molecule has 0 aliphatic carbocycles. The van der Waals surface area contributed by atoms with Crippen LogP contribution in [0, 0.1) is 0 Å². The van der Waals surface area contributed by atoms with Crippen LogP contribution >= 0.6 is 11.3 Å². The first-order valence-corrected chi connectivity index (χ1v) is 10.5. The number of carboxylic acid groups (broad SMARTS) is 1. The first-order chi connectivity index (χ1) is 14.1. The molecule has 2 aliphatic heterocycles. The summed E-state index contributed by atoms with van der Waals surface area (Å²) in [5, 5.41) is 17.3. The summed E-state index contributed by atoms with van der Waals surface area (Å²) in [6, 6.07) is 9.31. The molecule has 2 aliphatic rings. The van der Waals surface area contributed by atoms with Gasteiger partial charge in [0.15, 0.2) is 5.13 Å². The molecule has 3 aromatic rings. The van der Waals surface area contributed by atoms with Gasteiger partial charge in [-0.3, -0.25) is 9.59 Å². The van der Waals surface area contributed by atoms with Crippen LogP contribution in [-0.2, 0) is 17.8 Å². The number of hydrogen-bond donors (Lipinski definition) is 4. The summed E-state index contributed by atoms with van der Waals surface area (Å²) in [4.78, 5) is 34.9. The number of anilines is 1. The smallest absolute Gasteiger partial charge is 0.320 e. The van der Waals surface area contributed by atoms with Crippen molar-refractivity contribution in [2.45, 2.75) is 31.5 Å². The molecule has 1 amide bonds. The van der Waals surface area contributed by atoms with Crippen molar-refractivity contribution in [3.8, 4) is 0 Å². The Balaban J connectivity index is 1.27. The zero-order valence-electron chi connectivity index (χ0n) is 15.6. The van der Waals surface area contributed by atoms with Crippen molar-refractivity contribution in [3.63, 3.8) is 0 Å². The second-order valence-corrected chi connectivity index (χ2v) is 8.60. The summed E-state index contributed by atoms with van der Waals surface area (Å²) in [5.41, 5.74) is 2.59. The quantitative estimate of drug-likeness (QED) is 0.523. The number of aliphatic carboxylic acids is 1. The average Bonchev–Trinajstić information content (AvgIpc) is 3.44. The van der Waals surface area contributed by atoms with E-state index in [2.05, 4.69) is 20.6 Å². The van der Waals surface area contributed by atoms with Crippen molar-refractivity contribution in [1.29, 1.82) is 0 Å². The van der Waals surface area contributed by atoms with E-state index in [9.17, 15) is 9.59 Å². The molecule has 4 heterocycles. The fourth-order valence-corrected chi connectivity index (χ4v) is 5.10. The number of nitrogens with zero attached hydrogens (tertiary/aromatic N) is 2. The third-order valence-corrected chi connectivity index (χ3v) is 6.55. The number of aromatic nitrogens is 2. The van der Waals surface area contributed by atoms with E-state index in [1.54, 1.807) is 11.3 Å². The summed E-state index contributed by atoms with van der Waals surface area (Å²) >= 11 is 1.55. The summed E-state index contributed by atoms with van der Waals surface area (Å²) in [7, 11) is 0. The lowest BCUT2D eigenvalue weighted by molar-refractivity contribution is -0.139. The molecule has 4 N–H and O–H groups in total. The molecule has 1 fully saturated rings. The van der Waals surface area contributed by atoms with Crippen LogP contribution in [0.15, 0.2) is 30.3 Å². The van der Waals surface area contributed by atoms with Crippen molar-refractivity contribution in [1.82, 2.24) is 20.2 Å². The number of thiazole rings is 1. The molecule has 0 unspecified atom stereocenters. The fourth-order valence-electron chi connectivity index (χ4n) is 4.00. The van der Waals surface area contributed by atoms with Gasteiger partial charge in [0.05, 0.1) is 12.2 Å². The molecule has 150 valence electrons. The van der Waals surface area contributed by atoms with Gasteiger partial charge in [0.2, 0.25) is 0 Å². The standard InChI is InChI=1S/C20H21N5O3S/c26-18(15-7-11-3-1-2-4-13(11)23-15)25-6-5-14-17(10-25)29-20(24-14)22-12-8-16(19(27)28)21-9-12/h1-4,7,12,16,21,23H,5-6,8-10H2,(H,22,24)(H,27,28)/t12-,16-/m0/s1. The van der Waals surface area contributed by atoms with E-state index in [0.717, 1.165) is 33.0 Å². The Bertz CT molecular complexity index is 1060. The second-order valence-electron chi connectivity index (χ2n) is 7.51. The zero-order chi connectivity index (χ0) is 20.0. The molecule has 2 atom stereocenters. The maximum absolute atomic E-state index is 13.0. The molecule has 0 radical (unpaired) electrons. The van der Waals surface area contributed by atoms with Gasteiger partial charge in [-0.15, -0.1) is 0 Å². The fraction of sp³-hybridized carbons (Fsp3) is 0.350. The zero-order valence-corrected chi connectivity index (χ0v) is 16.5. The highest BCUT2D eigenvalue weighted by Crippen LogP contribution is 2.30. The van der Waals surface area contributed by atoms with Crippen LogP contribution in [0.1, 0.15) is 27.5 Å². The number of amides is 1. The van der Waals surface area contributed by atoms with Crippen LogP contribution in [0.25, 0.3) is 10.9 Å². The molecule has 0 saturated carbocycles. The molecule has 1 saturated heterocycles. The first-order valence-electron chi connectivity index (χ1n) is 9.65. The minimum atomic E-state index is -0.820. The molecule has 2 aromatic heterocycles. The first kappa shape index (κ1) is 18.1. The lowest BCUT2D eigenvalue weighted by Crippen LogP contribution is -2.35. The molecular weight excluding hydrogens is 390 g/mol. The summed E-state index contributed by atoms with van der Waals surface area (Å²) in [5.74, 6) is -0.821. The third kappa shape index (κ3) is 3.47. The highest BCUT2D eigenvalue weighted by molar-refractivity contribution is 7.15. The minimum absolute atomic E-state index is 0.000878. The highest BCUT2D eigenvalue weighted by Gasteiger charge is 2.31. The van der Waals surface area contributed by atoms with Crippen LogP contribution in [0.3, 0.4) is 0 Å². The Kier molecular flexibility index (Phi) is 4.48. The number of rotatable bonds is 4. The van der Waals surface area contributed by atoms with Gasteiger partial charge in [-0.2, -0.15) is 0 Å². The van der Waals surface area contributed by atoms with Gasteiger partial charge < -0.3 is 25.6 Å². The third-order valence-electron chi connectivity index (χ3n) is 5.54. The van der Waals surface area contributed by atoms with E-state index >= 15 is 0 Å². The normalized spacial score (nSPS) is 21.3. The predicted octanol–water partition coefficient (Wildman–Crippen LogP) is 2.05. The summed E-state index contributed by atoms with van der Waals surface area (Å²) in [6.45, 7) is 1.78. The number of benzene rings is 1. The van der Waals surface area contributed by atoms with E-state index in [0.29, 0.717) is 31.7 Å². The number of H-pyrrole nitrogens is 1. The van der Waals surface area contributed by atoms with Gasteiger partial charge in [0.1, 0.15) is 11.7 Å². The Morgan fingerprint density at radius 1 is 1.31 bits per heavy atom. The molecule has 0 bridgehead atoms. The van der Waals surface area contributed by atoms with Crippen LogP contribution in [-0.4, -0.2) is 57.0 Å². The number of carboxylic acids is 1. The van der Waals surface area contributed by atoms with Crippen LogP contribution in [0.5, 0.6) is 0 Å². The van der Waals surface area contributed by atoms with Crippen molar-refractivity contribution in [2.24, 2.45) is 0 Å². The molecule has 9 heteroatoms. The average molecular weight is 411 g/mol. The van der Waals surface area contributed by atoms with Gasteiger partial charge in [-0.1, -0.05) is 29.5 Å². The molecular formula is C20H21N5O3S. The Labute approximate surface area is 170 Å². The topological polar surface area (TPSA) is 110 Å². The molecule has 29 heavy (non-hydrogen) atoms.